The molecule has 4 aliphatic heterocycles. The molecule has 348 valence electrons. The first-order valence-electron chi connectivity index (χ1n) is 33.9. The number of fused-ring (bicyclic) bond motifs is 11. The summed E-state index contributed by atoms with van der Waals surface area (Å²) in [5, 5.41) is 0. The predicted octanol–water partition coefficient (Wildman–Crippen LogP) is 15.1. The maximum atomic E-state index is 11.0. The lowest BCUT2D eigenvalue weighted by Gasteiger charge is -2.51. The van der Waals surface area contributed by atoms with E-state index in [0.29, 0.717) is 44.1 Å². The molecule has 2 fully saturated rings. The van der Waals surface area contributed by atoms with E-state index in [1.165, 1.54) is 16.7 Å². The zero-order chi connectivity index (χ0) is 64.2. The number of nitrogens with zero attached hydrogens (tertiary/aromatic N) is 3. The van der Waals surface area contributed by atoms with Crippen LogP contribution in [0.1, 0.15) is 181 Å². The van der Waals surface area contributed by atoms with Crippen molar-refractivity contribution in [3.63, 3.8) is 0 Å². The van der Waals surface area contributed by atoms with Gasteiger partial charge in [-0.15, -0.1) is 0 Å². The first-order valence-corrected chi connectivity index (χ1v) is 24.4. The summed E-state index contributed by atoms with van der Waals surface area (Å²) < 4.78 is 197. The maximum absolute atomic E-state index is 11.0. The van der Waals surface area contributed by atoms with Crippen LogP contribution in [0, 0.1) is 17.8 Å². The second-order valence-electron chi connectivity index (χ2n) is 24.1. The molecule has 0 amide bonds. The minimum Gasteiger partial charge on any atom is -0.489 e. The van der Waals surface area contributed by atoms with Crippen LogP contribution in [0.15, 0.2) is 115 Å². The molecular formula is C63H72BN3O. The highest BCUT2D eigenvalue weighted by Gasteiger charge is 2.59. The molecule has 4 heterocycles. The molecule has 0 radical (unpaired) electrons. The van der Waals surface area contributed by atoms with Crippen LogP contribution < -0.4 is 35.8 Å². The van der Waals surface area contributed by atoms with Gasteiger partial charge in [0.25, 0.3) is 6.71 Å². The smallest absolute Gasteiger partial charge is 0.252 e. The normalized spacial score (nSPS) is 28.8. The molecule has 12 rings (SSSR count). The van der Waals surface area contributed by atoms with Crippen molar-refractivity contribution >= 4 is 68.6 Å². The molecule has 2 aliphatic carbocycles. The molecule has 2 saturated carbocycles. The van der Waals surface area contributed by atoms with Crippen molar-refractivity contribution in [2.24, 2.45) is 10.8 Å². The topological polar surface area (TPSA) is 19.0 Å². The van der Waals surface area contributed by atoms with Crippen molar-refractivity contribution in [3.8, 4) is 5.75 Å². The number of benzene rings is 6. The monoisotopic (exact) mass is 917 g/mol. The van der Waals surface area contributed by atoms with Crippen molar-refractivity contribution in [2.75, 3.05) is 14.7 Å². The minimum absolute atomic E-state index is 0.0143. The van der Waals surface area contributed by atoms with Gasteiger partial charge in [0.05, 0.1) is 31.6 Å². The van der Waals surface area contributed by atoms with Crippen molar-refractivity contribution < 1.29 is 30.8 Å². The second-order valence-corrected chi connectivity index (χ2v) is 24.1. The third-order valence-electron chi connectivity index (χ3n) is 16.8. The number of anilines is 8. The zero-order valence-corrected chi connectivity index (χ0v) is 41.7. The molecule has 0 N–H and O–H groups in total. The van der Waals surface area contributed by atoms with Gasteiger partial charge in [0, 0.05) is 67.8 Å². The Bertz CT molecular complexity index is 4110. The van der Waals surface area contributed by atoms with Gasteiger partial charge in [-0.25, -0.2) is 0 Å². The van der Waals surface area contributed by atoms with Gasteiger partial charge in [-0.3, -0.25) is 0 Å². The number of hydrogen-bond donors (Lipinski definition) is 0. The summed E-state index contributed by atoms with van der Waals surface area (Å²) in [5.41, 5.74) is -6.45. The summed E-state index contributed by atoms with van der Waals surface area (Å²) in [4.78, 5) is 4.27. The Morgan fingerprint density at radius 3 is 1.82 bits per heavy atom. The highest BCUT2D eigenvalue weighted by molar-refractivity contribution is 7.00. The minimum atomic E-state index is -1.60. The quantitative estimate of drug-likeness (QED) is 0.164. The zero-order valence-electron chi connectivity index (χ0n) is 60.7. The summed E-state index contributed by atoms with van der Waals surface area (Å²) in [5.74, 6) is -0.558. The molecule has 0 spiro atoms. The number of ether oxygens (including phenoxy) is 1. The van der Waals surface area contributed by atoms with E-state index in [-0.39, 0.29) is 114 Å². The Kier molecular flexibility index (Phi) is 5.84. The van der Waals surface area contributed by atoms with E-state index in [1.54, 1.807) is 46.4 Å². The summed E-state index contributed by atoms with van der Waals surface area (Å²) in [6, 6.07) is -8.94. The van der Waals surface area contributed by atoms with Crippen molar-refractivity contribution in [1.29, 1.82) is 0 Å². The van der Waals surface area contributed by atoms with E-state index >= 15 is 0 Å². The molecular weight excluding hydrogens is 826 g/mol. The van der Waals surface area contributed by atoms with Gasteiger partial charge in [0.1, 0.15) is 11.9 Å². The molecule has 4 atom stereocenters. The lowest BCUT2D eigenvalue weighted by molar-refractivity contribution is -0.0175. The predicted molar refractivity (Wildman–Crippen MR) is 289 cm³/mol. The fraction of sp³-hybridized carbons (Fsp3) is 0.429. The molecule has 4 nitrogen and oxygen atoms in total. The third-order valence-corrected chi connectivity index (χ3v) is 16.8. The van der Waals surface area contributed by atoms with E-state index in [4.69, 9.17) is 7.48 Å². The molecule has 0 bridgehead atoms. The van der Waals surface area contributed by atoms with E-state index in [2.05, 4.69) is 27.7 Å². The first-order chi connectivity index (χ1) is 40.1. The van der Waals surface area contributed by atoms with Crippen LogP contribution in [-0.4, -0.2) is 18.4 Å². The Balaban J connectivity index is 1.34. The molecule has 4 unspecified atom stereocenters. The van der Waals surface area contributed by atoms with E-state index < -0.39 is 142 Å². The second kappa shape index (κ2) is 14.3. The van der Waals surface area contributed by atoms with Gasteiger partial charge in [0.15, 0.2) is 0 Å². The van der Waals surface area contributed by atoms with Crippen molar-refractivity contribution in [2.45, 2.75) is 162 Å². The van der Waals surface area contributed by atoms with Crippen LogP contribution in [0.25, 0.3) is 0 Å². The molecule has 0 saturated heterocycles. The first kappa shape index (κ1) is 27.7. The van der Waals surface area contributed by atoms with Crippen LogP contribution in [0.2, 0.25) is 0 Å². The molecule has 5 heteroatoms. The standard InChI is InChI=1S/C63H72BN3O/c1-39-36-50-55-51(37-39)66(43-26-22-41(23-27-43)59(5,6)7)56-47(30-31-52-53(56)54-57(68-52)61(10,11)35-34-60(54,8)9)64(55)46-29-28-44(38-49(46)65(50)42-24-20-40(21-25-42)58(2,3)4)67-48-19-15-14-18-45(48)62(12)32-16-17-33-63(62,67)13/h14-15,18-31,36-38,54,57H,16-17,32-35H2,1-13H3/i14D,15D,18D,19D,20D,21D,22D,23D,24D,25D,26D,27D,28D,29D,30D,31D,36D,37D,38D. The van der Waals surface area contributed by atoms with E-state index in [0.717, 1.165) is 0 Å². The number of hydrogen-bond acceptors (Lipinski definition) is 4. The third kappa shape index (κ3) is 6.05. The van der Waals surface area contributed by atoms with Crippen LogP contribution in [0.5, 0.6) is 5.75 Å². The lowest BCUT2D eigenvalue weighted by atomic mass is 9.33. The summed E-state index contributed by atoms with van der Waals surface area (Å²) in [6.07, 6.45) is 2.90. The van der Waals surface area contributed by atoms with Gasteiger partial charge in [-0.1, -0.05) is 143 Å². The molecule has 68 heavy (non-hydrogen) atoms. The fourth-order valence-corrected chi connectivity index (χ4v) is 12.6. The van der Waals surface area contributed by atoms with E-state index in [9.17, 15) is 23.3 Å². The Labute approximate surface area is 434 Å². The summed E-state index contributed by atoms with van der Waals surface area (Å²) >= 11 is 0. The van der Waals surface area contributed by atoms with Gasteiger partial charge in [-0.05, 0) is 155 Å². The largest absolute Gasteiger partial charge is 0.489 e. The highest BCUT2D eigenvalue weighted by Crippen LogP contribution is 2.64. The van der Waals surface area contributed by atoms with Crippen molar-refractivity contribution in [1.82, 2.24) is 0 Å². The number of rotatable bonds is 3. The molecule has 6 aliphatic rings. The van der Waals surface area contributed by atoms with Crippen molar-refractivity contribution in [3.05, 3.63) is 143 Å². The van der Waals surface area contributed by atoms with Crippen LogP contribution >= 0.6 is 0 Å². The average molecular weight is 917 g/mol. The Morgan fingerprint density at radius 1 is 0.588 bits per heavy atom. The van der Waals surface area contributed by atoms with Gasteiger partial charge < -0.3 is 19.4 Å². The van der Waals surface area contributed by atoms with Crippen LogP contribution in [0.3, 0.4) is 0 Å². The summed E-state index contributed by atoms with van der Waals surface area (Å²) in [6.45, 7) is 22.6. The van der Waals surface area contributed by atoms with Crippen LogP contribution in [0.4, 0.5) is 45.5 Å². The van der Waals surface area contributed by atoms with Gasteiger partial charge in [-0.2, -0.15) is 0 Å². The lowest BCUT2D eigenvalue weighted by Crippen LogP contribution is -2.62. The van der Waals surface area contributed by atoms with Gasteiger partial charge >= 0.3 is 0 Å². The van der Waals surface area contributed by atoms with E-state index in [1.807, 2.05) is 13.8 Å². The van der Waals surface area contributed by atoms with Crippen LogP contribution in [-0.2, 0) is 16.2 Å². The highest BCUT2D eigenvalue weighted by atomic mass is 16.5. The number of para-hydroxylation sites is 1. The maximum Gasteiger partial charge on any atom is 0.252 e. The molecule has 6 aromatic rings. The fourth-order valence-electron chi connectivity index (χ4n) is 12.6. The molecule has 6 aromatic carbocycles. The average Bonchev–Trinajstić information content (AvgIpc) is 1.33. The molecule has 0 aromatic heterocycles. The van der Waals surface area contributed by atoms with Gasteiger partial charge in [0.2, 0.25) is 0 Å². The Morgan fingerprint density at radius 2 is 1.16 bits per heavy atom. The SMILES string of the molecule is [2H]c1c([2H])c([2H])c2c(c1[2H])N(c1c([2H])c([2H])c3c(c1[2H])N(c1c([2H])c([2H])c(C(C)(C)C)c([2H])c1[2H])c1c([2H])c(C)c([2H])c4c1B3c1c([2H])c([2H])c3c(c1N4c1c([2H])c([2H])c(C(C)(C)C)c([2H])c1[2H])C1C(O3)C(C)(C)CCC1(C)C)C1(C)CCCCC21C. The summed E-state index contributed by atoms with van der Waals surface area (Å²) in [7, 11) is 0. The Hall–Kier alpha value is -5.42.